The summed E-state index contributed by atoms with van der Waals surface area (Å²) < 4.78 is 0. The van der Waals surface area contributed by atoms with E-state index in [0.717, 1.165) is 0 Å². The van der Waals surface area contributed by atoms with Crippen LogP contribution in [0, 0.1) is 6.92 Å². The first kappa shape index (κ1) is 7.81. The van der Waals surface area contributed by atoms with Crippen LogP contribution in [0.4, 0.5) is 0 Å². The Morgan fingerprint density at radius 1 is 1.25 bits per heavy atom. The molecule has 0 amide bonds. The van der Waals surface area contributed by atoms with Gasteiger partial charge in [0.15, 0.2) is 0 Å². The fraction of sp³-hybridized carbons (Fsp3) is 0.455. The van der Waals surface area contributed by atoms with E-state index >= 15 is 0 Å². The third-order valence-corrected chi connectivity index (χ3v) is 2.54. The molecule has 1 aromatic carbocycles. The van der Waals surface area contributed by atoms with Crippen molar-refractivity contribution in [3.8, 4) is 0 Å². The lowest BCUT2D eigenvalue weighted by atomic mass is 10.0. The minimum Gasteiger partial charge on any atom is -0.310 e. The van der Waals surface area contributed by atoms with Crippen molar-refractivity contribution >= 4 is 0 Å². The highest BCUT2D eigenvalue weighted by molar-refractivity contribution is 5.24. The molecular formula is C11H15N. The summed E-state index contributed by atoms with van der Waals surface area (Å²) in [7, 11) is 0. The molecule has 0 aromatic heterocycles. The average Bonchev–Trinajstić information content (AvgIpc) is 2.58. The predicted octanol–water partition coefficient (Wildman–Crippen LogP) is 2.42. The van der Waals surface area contributed by atoms with Crippen molar-refractivity contribution in [2.24, 2.45) is 0 Å². The Morgan fingerprint density at radius 2 is 2.00 bits per heavy atom. The zero-order valence-corrected chi connectivity index (χ0v) is 7.51. The van der Waals surface area contributed by atoms with Crippen LogP contribution in [0.1, 0.15) is 30.0 Å². The van der Waals surface area contributed by atoms with Gasteiger partial charge < -0.3 is 5.32 Å². The van der Waals surface area contributed by atoms with E-state index in [1.807, 2.05) is 0 Å². The van der Waals surface area contributed by atoms with E-state index in [2.05, 4.69) is 36.5 Å². The monoisotopic (exact) mass is 161 g/mol. The summed E-state index contributed by atoms with van der Waals surface area (Å²) in [6, 6.07) is 9.46. The fourth-order valence-electron chi connectivity index (χ4n) is 1.77. The molecule has 0 saturated carbocycles. The van der Waals surface area contributed by atoms with E-state index < -0.39 is 0 Å². The van der Waals surface area contributed by atoms with E-state index in [-0.39, 0.29) is 0 Å². The first-order chi connectivity index (χ1) is 5.86. The molecule has 1 heteroatoms. The van der Waals surface area contributed by atoms with E-state index in [9.17, 15) is 0 Å². The van der Waals surface area contributed by atoms with Gasteiger partial charge in [0.2, 0.25) is 0 Å². The van der Waals surface area contributed by atoms with Gasteiger partial charge >= 0.3 is 0 Å². The van der Waals surface area contributed by atoms with Crippen LogP contribution < -0.4 is 5.32 Å². The molecule has 0 radical (unpaired) electrons. The second-order valence-corrected chi connectivity index (χ2v) is 3.56. The Hall–Kier alpha value is -0.820. The van der Waals surface area contributed by atoms with Crippen molar-refractivity contribution in [3.63, 3.8) is 0 Å². The molecule has 1 fully saturated rings. The largest absolute Gasteiger partial charge is 0.310 e. The molecule has 64 valence electrons. The summed E-state index contributed by atoms with van der Waals surface area (Å²) in [5, 5.41) is 3.49. The highest BCUT2D eigenvalue weighted by Crippen LogP contribution is 2.22. The van der Waals surface area contributed by atoms with Crippen LogP contribution in [-0.4, -0.2) is 6.54 Å². The van der Waals surface area contributed by atoms with Gasteiger partial charge in [-0.15, -0.1) is 0 Å². The van der Waals surface area contributed by atoms with E-state index in [1.165, 1.54) is 30.5 Å². The fourth-order valence-corrected chi connectivity index (χ4v) is 1.77. The van der Waals surface area contributed by atoms with Crippen LogP contribution in [0.25, 0.3) is 0 Å². The number of hydrogen-bond donors (Lipinski definition) is 1. The maximum atomic E-state index is 3.49. The van der Waals surface area contributed by atoms with Gasteiger partial charge in [0, 0.05) is 6.04 Å². The lowest BCUT2D eigenvalue weighted by Gasteiger charge is -2.09. The molecule has 0 aliphatic carbocycles. The molecule has 1 heterocycles. The molecule has 2 rings (SSSR count). The Bertz CT molecular complexity index is 244. The van der Waals surface area contributed by atoms with Crippen LogP contribution in [0.2, 0.25) is 0 Å². The number of rotatable bonds is 1. The zero-order chi connectivity index (χ0) is 8.39. The van der Waals surface area contributed by atoms with E-state index in [4.69, 9.17) is 0 Å². The third kappa shape index (κ3) is 1.51. The molecule has 0 bridgehead atoms. The smallest absolute Gasteiger partial charge is 0.0320 e. The summed E-state index contributed by atoms with van der Waals surface area (Å²) in [6.45, 7) is 3.31. The minimum atomic E-state index is 0.616. The van der Waals surface area contributed by atoms with E-state index in [1.54, 1.807) is 0 Å². The predicted molar refractivity (Wildman–Crippen MR) is 51.2 cm³/mol. The lowest BCUT2D eigenvalue weighted by molar-refractivity contribution is 0.647. The molecule has 1 aliphatic heterocycles. The highest BCUT2D eigenvalue weighted by atomic mass is 14.9. The number of benzene rings is 1. The molecule has 1 aliphatic rings. The van der Waals surface area contributed by atoms with Gasteiger partial charge in [-0.05, 0) is 31.9 Å². The molecule has 1 N–H and O–H groups in total. The van der Waals surface area contributed by atoms with Crippen LogP contribution in [0.3, 0.4) is 0 Å². The molecule has 1 nitrogen and oxygen atoms in total. The number of aryl methyl sites for hydroxylation is 1. The average molecular weight is 161 g/mol. The molecule has 0 unspecified atom stereocenters. The molecule has 0 spiro atoms. The van der Waals surface area contributed by atoms with Gasteiger partial charge in [-0.1, -0.05) is 29.8 Å². The van der Waals surface area contributed by atoms with Crippen molar-refractivity contribution in [2.75, 3.05) is 6.54 Å². The van der Waals surface area contributed by atoms with Gasteiger partial charge in [0.1, 0.15) is 0 Å². The summed E-state index contributed by atoms with van der Waals surface area (Å²) in [4.78, 5) is 0. The van der Waals surface area contributed by atoms with E-state index in [0.29, 0.717) is 6.04 Å². The van der Waals surface area contributed by atoms with Gasteiger partial charge in [-0.2, -0.15) is 0 Å². The maximum Gasteiger partial charge on any atom is 0.0320 e. The van der Waals surface area contributed by atoms with Gasteiger partial charge in [0.05, 0.1) is 0 Å². The third-order valence-electron chi connectivity index (χ3n) is 2.54. The molecule has 1 atom stereocenters. The number of hydrogen-bond acceptors (Lipinski definition) is 1. The van der Waals surface area contributed by atoms with Gasteiger partial charge in [-0.25, -0.2) is 0 Å². The first-order valence-corrected chi connectivity index (χ1v) is 4.66. The van der Waals surface area contributed by atoms with Crippen molar-refractivity contribution in [1.82, 2.24) is 5.32 Å². The molecule has 1 saturated heterocycles. The Morgan fingerprint density at radius 3 is 2.58 bits per heavy atom. The molecule has 12 heavy (non-hydrogen) atoms. The van der Waals surface area contributed by atoms with Crippen molar-refractivity contribution in [3.05, 3.63) is 35.4 Å². The highest BCUT2D eigenvalue weighted by Gasteiger charge is 2.14. The molecular weight excluding hydrogens is 146 g/mol. The van der Waals surface area contributed by atoms with Crippen LogP contribution in [-0.2, 0) is 0 Å². The summed E-state index contributed by atoms with van der Waals surface area (Å²) >= 11 is 0. The van der Waals surface area contributed by atoms with Crippen LogP contribution in [0.5, 0.6) is 0 Å². The quantitative estimate of drug-likeness (QED) is 0.667. The van der Waals surface area contributed by atoms with Crippen molar-refractivity contribution in [1.29, 1.82) is 0 Å². The number of nitrogens with one attached hydrogen (secondary N) is 1. The Balaban J connectivity index is 2.17. The lowest BCUT2D eigenvalue weighted by Crippen LogP contribution is -2.12. The summed E-state index contributed by atoms with van der Waals surface area (Å²) in [5.41, 5.74) is 2.79. The standard InChI is InChI=1S/C11H15N/c1-9-4-6-10(7-5-9)11-3-2-8-12-11/h4-7,11-12H,2-3,8H2,1H3/t11-/m1/s1. The summed E-state index contributed by atoms with van der Waals surface area (Å²) in [5.74, 6) is 0. The van der Waals surface area contributed by atoms with Gasteiger partial charge in [-0.3, -0.25) is 0 Å². The SMILES string of the molecule is Cc1ccc([C@H]2CCCN2)cc1. The summed E-state index contributed by atoms with van der Waals surface area (Å²) in [6.07, 6.45) is 2.61. The Kier molecular flexibility index (Phi) is 2.13. The first-order valence-electron chi connectivity index (χ1n) is 4.66. The van der Waals surface area contributed by atoms with Crippen LogP contribution >= 0.6 is 0 Å². The second kappa shape index (κ2) is 3.28. The normalized spacial score (nSPS) is 22.9. The van der Waals surface area contributed by atoms with Crippen molar-refractivity contribution in [2.45, 2.75) is 25.8 Å². The van der Waals surface area contributed by atoms with Gasteiger partial charge in [0.25, 0.3) is 0 Å². The van der Waals surface area contributed by atoms with Crippen molar-refractivity contribution < 1.29 is 0 Å². The zero-order valence-electron chi connectivity index (χ0n) is 7.51. The topological polar surface area (TPSA) is 12.0 Å². The minimum absolute atomic E-state index is 0.616. The van der Waals surface area contributed by atoms with Crippen LogP contribution in [0.15, 0.2) is 24.3 Å². The second-order valence-electron chi connectivity index (χ2n) is 3.56. The molecule has 1 aromatic rings. The Labute approximate surface area is 73.8 Å². The maximum absolute atomic E-state index is 3.49.